The summed E-state index contributed by atoms with van der Waals surface area (Å²) in [6.07, 6.45) is 5.02. The zero-order chi connectivity index (χ0) is 10.2. The summed E-state index contributed by atoms with van der Waals surface area (Å²) in [4.78, 5) is 2.63. The predicted molar refractivity (Wildman–Crippen MR) is 63.3 cm³/mol. The Morgan fingerprint density at radius 1 is 1.50 bits per heavy atom. The van der Waals surface area contributed by atoms with E-state index in [1.54, 1.807) is 0 Å². The maximum absolute atomic E-state index is 6.25. The van der Waals surface area contributed by atoms with E-state index in [4.69, 9.17) is 17.3 Å². The summed E-state index contributed by atoms with van der Waals surface area (Å²) in [6, 6.07) is 2.07. The average Bonchev–Trinajstić information content (AvgIpc) is 2.73. The van der Waals surface area contributed by atoms with Gasteiger partial charge in [-0.1, -0.05) is 24.4 Å². The molecule has 0 bridgehead atoms. The number of halogens is 1. The Morgan fingerprint density at radius 3 is 2.57 bits per heavy atom. The summed E-state index contributed by atoms with van der Waals surface area (Å²) in [5, 5.41) is 0.930. The van der Waals surface area contributed by atoms with Gasteiger partial charge in [0.05, 0.1) is 5.02 Å². The van der Waals surface area contributed by atoms with Crippen molar-refractivity contribution in [2.45, 2.75) is 38.0 Å². The van der Waals surface area contributed by atoms with Gasteiger partial charge in [0.2, 0.25) is 0 Å². The third-order valence-corrected chi connectivity index (χ3v) is 4.95. The smallest absolute Gasteiger partial charge is 0.0554 e. The highest BCUT2D eigenvalue weighted by atomic mass is 35.5. The quantitative estimate of drug-likeness (QED) is 0.826. The molecule has 1 aliphatic rings. The molecule has 1 nitrogen and oxygen atoms in total. The van der Waals surface area contributed by atoms with Gasteiger partial charge in [-0.3, -0.25) is 0 Å². The van der Waals surface area contributed by atoms with E-state index in [1.165, 1.54) is 35.4 Å². The van der Waals surface area contributed by atoms with Crippen molar-refractivity contribution in [1.29, 1.82) is 0 Å². The van der Waals surface area contributed by atoms with Crippen LogP contribution in [0.3, 0.4) is 0 Å². The minimum Gasteiger partial charge on any atom is -0.330 e. The van der Waals surface area contributed by atoms with Crippen LogP contribution >= 0.6 is 22.9 Å². The largest absolute Gasteiger partial charge is 0.330 e. The van der Waals surface area contributed by atoms with E-state index in [0.29, 0.717) is 0 Å². The Labute approximate surface area is 94.3 Å². The predicted octanol–water partition coefficient (Wildman–Crippen LogP) is 3.48. The van der Waals surface area contributed by atoms with E-state index in [-0.39, 0.29) is 5.41 Å². The van der Waals surface area contributed by atoms with Gasteiger partial charge in [-0.15, -0.1) is 11.3 Å². The molecule has 0 aromatic carbocycles. The molecule has 14 heavy (non-hydrogen) atoms. The molecule has 1 aromatic rings. The fourth-order valence-electron chi connectivity index (χ4n) is 2.42. The highest BCUT2D eigenvalue weighted by molar-refractivity contribution is 7.12. The van der Waals surface area contributed by atoms with Crippen molar-refractivity contribution in [3.05, 3.63) is 20.8 Å². The van der Waals surface area contributed by atoms with E-state index in [1.807, 2.05) is 11.3 Å². The van der Waals surface area contributed by atoms with Crippen LogP contribution in [0.2, 0.25) is 5.02 Å². The lowest BCUT2D eigenvalue weighted by Crippen LogP contribution is -2.31. The zero-order valence-corrected chi connectivity index (χ0v) is 10.0. The summed E-state index contributed by atoms with van der Waals surface area (Å²) < 4.78 is 0. The van der Waals surface area contributed by atoms with Gasteiger partial charge in [0.1, 0.15) is 0 Å². The number of thiophene rings is 1. The molecule has 78 valence electrons. The van der Waals surface area contributed by atoms with E-state index >= 15 is 0 Å². The van der Waals surface area contributed by atoms with Gasteiger partial charge in [0.25, 0.3) is 0 Å². The Hall–Kier alpha value is -0.0500. The maximum Gasteiger partial charge on any atom is 0.0554 e. The van der Waals surface area contributed by atoms with Crippen molar-refractivity contribution in [3.63, 3.8) is 0 Å². The maximum atomic E-state index is 6.25. The van der Waals surface area contributed by atoms with E-state index in [9.17, 15) is 0 Å². The van der Waals surface area contributed by atoms with Gasteiger partial charge >= 0.3 is 0 Å². The topological polar surface area (TPSA) is 26.0 Å². The molecule has 1 fully saturated rings. The van der Waals surface area contributed by atoms with Crippen LogP contribution in [0.1, 0.15) is 35.4 Å². The number of hydrogen-bond donors (Lipinski definition) is 1. The minimum atomic E-state index is 0.204. The first-order valence-electron chi connectivity index (χ1n) is 5.14. The van der Waals surface area contributed by atoms with Gasteiger partial charge in [-0.25, -0.2) is 0 Å². The number of nitrogens with two attached hydrogens (primary N) is 1. The van der Waals surface area contributed by atoms with Crippen molar-refractivity contribution in [1.82, 2.24) is 0 Å². The minimum absolute atomic E-state index is 0.204. The SMILES string of the molecule is Cc1cc(Cl)c(C2(CN)CCCC2)s1. The molecule has 0 amide bonds. The number of aryl methyl sites for hydroxylation is 1. The van der Waals surface area contributed by atoms with Crippen LogP contribution in [0.5, 0.6) is 0 Å². The molecular formula is C11H16ClNS. The molecule has 3 heteroatoms. The van der Waals surface area contributed by atoms with Crippen LogP contribution in [0, 0.1) is 6.92 Å². The van der Waals surface area contributed by atoms with Crippen LogP contribution in [0.15, 0.2) is 6.07 Å². The summed E-state index contributed by atoms with van der Waals surface area (Å²) in [5.41, 5.74) is 6.13. The second-order valence-corrected chi connectivity index (χ2v) is 5.89. The molecule has 2 N–H and O–H groups in total. The zero-order valence-electron chi connectivity index (χ0n) is 8.48. The Kier molecular flexibility index (Phi) is 2.87. The van der Waals surface area contributed by atoms with Crippen molar-refractivity contribution in [2.24, 2.45) is 5.73 Å². The highest BCUT2D eigenvalue weighted by Crippen LogP contribution is 2.46. The second kappa shape index (κ2) is 3.84. The molecule has 0 radical (unpaired) electrons. The fraction of sp³-hybridized carbons (Fsp3) is 0.636. The summed E-state index contributed by atoms with van der Waals surface area (Å²) in [7, 11) is 0. The Balaban J connectivity index is 2.40. The van der Waals surface area contributed by atoms with Crippen molar-refractivity contribution in [3.8, 4) is 0 Å². The monoisotopic (exact) mass is 229 g/mol. The average molecular weight is 230 g/mol. The van der Waals surface area contributed by atoms with Gasteiger partial charge in [0.15, 0.2) is 0 Å². The molecule has 1 saturated carbocycles. The normalized spacial score (nSPS) is 20.2. The van der Waals surface area contributed by atoms with Gasteiger partial charge in [-0.05, 0) is 25.8 Å². The molecule has 1 aliphatic carbocycles. The third-order valence-electron chi connectivity index (χ3n) is 3.24. The molecule has 0 unspecified atom stereocenters. The van der Waals surface area contributed by atoms with Crippen molar-refractivity contribution < 1.29 is 0 Å². The lowest BCUT2D eigenvalue weighted by molar-refractivity contribution is 0.462. The van der Waals surface area contributed by atoms with Crippen LogP contribution in [-0.4, -0.2) is 6.54 Å². The molecule has 0 aliphatic heterocycles. The highest BCUT2D eigenvalue weighted by Gasteiger charge is 2.37. The van der Waals surface area contributed by atoms with Crippen LogP contribution < -0.4 is 5.73 Å². The molecule has 1 aromatic heterocycles. The lowest BCUT2D eigenvalue weighted by Gasteiger charge is -2.26. The summed E-state index contributed by atoms with van der Waals surface area (Å²) in [6.45, 7) is 2.85. The Bertz CT molecular complexity index is 326. The molecular weight excluding hydrogens is 214 g/mol. The Morgan fingerprint density at radius 2 is 2.14 bits per heavy atom. The lowest BCUT2D eigenvalue weighted by atomic mass is 9.85. The third kappa shape index (κ3) is 1.60. The van der Waals surface area contributed by atoms with E-state index < -0.39 is 0 Å². The first-order valence-corrected chi connectivity index (χ1v) is 6.34. The molecule has 0 atom stereocenters. The summed E-state index contributed by atoms with van der Waals surface area (Å²) in [5.74, 6) is 0. The van der Waals surface area contributed by atoms with Crippen molar-refractivity contribution in [2.75, 3.05) is 6.54 Å². The number of rotatable bonds is 2. The van der Waals surface area contributed by atoms with Gasteiger partial charge < -0.3 is 5.73 Å². The van der Waals surface area contributed by atoms with Gasteiger partial charge in [-0.2, -0.15) is 0 Å². The molecule has 2 rings (SSSR count). The first-order chi connectivity index (χ1) is 6.68. The fourth-order valence-corrected chi connectivity index (χ4v) is 4.12. The van der Waals surface area contributed by atoms with Crippen molar-refractivity contribution >= 4 is 22.9 Å². The molecule has 0 saturated heterocycles. The molecule has 1 heterocycles. The summed E-state index contributed by atoms with van der Waals surface area (Å²) >= 11 is 8.07. The van der Waals surface area contributed by atoms with Gasteiger partial charge in [0, 0.05) is 21.7 Å². The second-order valence-electron chi connectivity index (χ2n) is 4.23. The molecule has 0 spiro atoms. The first kappa shape index (κ1) is 10.5. The van der Waals surface area contributed by atoms with Crippen LogP contribution in [0.25, 0.3) is 0 Å². The van der Waals surface area contributed by atoms with E-state index in [2.05, 4.69) is 13.0 Å². The number of hydrogen-bond acceptors (Lipinski definition) is 2. The van der Waals surface area contributed by atoms with E-state index in [0.717, 1.165) is 11.6 Å². The van der Waals surface area contributed by atoms with Crippen LogP contribution in [-0.2, 0) is 5.41 Å². The standard InChI is InChI=1S/C11H16ClNS/c1-8-6-9(12)10(14-8)11(7-13)4-2-3-5-11/h6H,2-5,7,13H2,1H3. The van der Waals surface area contributed by atoms with Crippen LogP contribution in [0.4, 0.5) is 0 Å².